The van der Waals surface area contributed by atoms with Gasteiger partial charge in [-0.25, -0.2) is 4.79 Å². The van der Waals surface area contributed by atoms with E-state index in [1.807, 2.05) is 29.2 Å². The number of hydrogen-bond donors (Lipinski definition) is 2. The maximum Gasteiger partial charge on any atom is 0.322 e. The van der Waals surface area contributed by atoms with Crippen molar-refractivity contribution in [2.24, 2.45) is 0 Å². The highest BCUT2D eigenvalue weighted by atomic mass is 16.5. The number of likely N-dealkylation sites (tertiary alicyclic amines) is 1. The highest BCUT2D eigenvalue weighted by molar-refractivity contribution is 5.91. The molecule has 2 amide bonds. The highest BCUT2D eigenvalue weighted by Crippen LogP contribution is 2.28. The molecule has 2 saturated heterocycles. The Balaban J connectivity index is 1.69. The fourth-order valence-corrected chi connectivity index (χ4v) is 3.44. The third kappa shape index (κ3) is 2.97. The lowest BCUT2D eigenvalue weighted by molar-refractivity contribution is 0.195. The molecule has 3 rings (SSSR count). The van der Waals surface area contributed by atoms with Gasteiger partial charge in [0.2, 0.25) is 0 Å². The molecule has 2 atom stereocenters. The summed E-state index contributed by atoms with van der Waals surface area (Å²) in [5.74, 6) is 0.695. The van der Waals surface area contributed by atoms with Gasteiger partial charge < -0.3 is 20.3 Å². The van der Waals surface area contributed by atoms with Crippen molar-refractivity contribution >= 4 is 11.7 Å². The summed E-state index contributed by atoms with van der Waals surface area (Å²) in [6.07, 6.45) is 4.56. The van der Waals surface area contributed by atoms with E-state index in [2.05, 4.69) is 10.6 Å². The summed E-state index contributed by atoms with van der Waals surface area (Å²) < 4.78 is 5.29. The van der Waals surface area contributed by atoms with Crippen LogP contribution in [0.5, 0.6) is 5.75 Å². The van der Waals surface area contributed by atoms with Gasteiger partial charge in [-0.2, -0.15) is 0 Å². The lowest BCUT2D eigenvalue weighted by Crippen LogP contribution is -2.48. The third-order valence-electron chi connectivity index (χ3n) is 4.47. The van der Waals surface area contributed by atoms with Gasteiger partial charge >= 0.3 is 6.03 Å². The number of para-hydroxylation sites is 2. The lowest BCUT2D eigenvalue weighted by atomic mass is 10.0. The number of hydrogen-bond acceptors (Lipinski definition) is 3. The van der Waals surface area contributed by atoms with Gasteiger partial charge in [-0.15, -0.1) is 0 Å². The Kier molecular flexibility index (Phi) is 4.29. The van der Waals surface area contributed by atoms with E-state index >= 15 is 0 Å². The molecular weight excluding hydrogens is 266 g/mol. The molecule has 0 saturated carbocycles. The zero-order valence-electron chi connectivity index (χ0n) is 12.5. The lowest BCUT2D eigenvalue weighted by Gasteiger charge is -2.29. The second-order valence-corrected chi connectivity index (χ2v) is 5.74. The van der Waals surface area contributed by atoms with Crippen molar-refractivity contribution in [2.45, 2.75) is 37.8 Å². The first-order valence-electron chi connectivity index (χ1n) is 7.73. The molecule has 0 bridgehead atoms. The van der Waals surface area contributed by atoms with Crippen LogP contribution in [0.2, 0.25) is 0 Å². The standard InChI is InChI=1S/C16H23N3O2/c1-21-15-9-3-2-6-13(15)18-16(20)19-11-5-8-14(19)12-7-4-10-17-12/h2-3,6,9,12,14,17H,4-5,7-8,10-11H2,1H3,(H,18,20)/t12-,14+/m1/s1. The number of urea groups is 1. The van der Waals surface area contributed by atoms with Crippen molar-refractivity contribution < 1.29 is 9.53 Å². The quantitative estimate of drug-likeness (QED) is 0.898. The number of benzene rings is 1. The summed E-state index contributed by atoms with van der Waals surface area (Å²) in [6, 6.07) is 8.28. The summed E-state index contributed by atoms with van der Waals surface area (Å²) in [4.78, 5) is 14.6. The summed E-state index contributed by atoms with van der Waals surface area (Å²) >= 11 is 0. The SMILES string of the molecule is COc1ccccc1NC(=O)N1CCC[C@H]1[C@H]1CCCN1. The minimum atomic E-state index is -0.0179. The molecule has 2 N–H and O–H groups in total. The van der Waals surface area contributed by atoms with Crippen LogP contribution in [-0.4, -0.2) is 43.2 Å². The maximum absolute atomic E-state index is 12.6. The van der Waals surface area contributed by atoms with Crippen molar-refractivity contribution in [3.8, 4) is 5.75 Å². The van der Waals surface area contributed by atoms with Crippen LogP contribution in [-0.2, 0) is 0 Å². The summed E-state index contributed by atoms with van der Waals surface area (Å²) in [5.41, 5.74) is 0.732. The number of nitrogens with one attached hydrogen (secondary N) is 2. The number of anilines is 1. The number of ether oxygens (including phenoxy) is 1. The van der Waals surface area contributed by atoms with E-state index in [1.165, 1.54) is 12.8 Å². The Morgan fingerprint density at radius 2 is 2.19 bits per heavy atom. The van der Waals surface area contributed by atoms with Crippen molar-refractivity contribution in [3.63, 3.8) is 0 Å². The largest absolute Gasteiger partial charge is 0.495 e. The molecule has 114 valence electrons. The monoisotopic (exact) mass is 289 g/mol. The van der Waals surface area contributed by atoms with E-state index in [1.54, 1.807) is 7.11 Å². The van der Waals surface area contributed by atoms with E-state index in [9.17, 15) is 4.79 Å². The topological polar surface area (TPSA) is 53.6 Å². The van der Waals surface area contributed by atoms with Crippen LogP contribution in [0.15, 0.2) is 24.3 Å². The molecule has 2 heterocycles. The number of carbonyl (C=O) groups is 1. The van der Waals surface area contributed by atoms with Gasteiger partial charge in [-0.1, -0.05) is 12.1 Å². The molecule has 0 aliphatic carbocycles. The molecule has 0 spiro atoms. The maximum atomic E-state index is 12.6. The minimum absolute atomic E-state index is 0.0179. The van der Waals surface area contributed by atoms with Gasteiger partial charge in [-0.3, -0.25) is 0 Å². The minimum Gasteiger partial charge on any atom is -0.495 e. The average molecular weight is 289 g/mol. The van der Waals surface area contributed by atoms with Gasteiger partial charge in [0.05, 0.1) is 12.8 Å². The van der Waals surface area contributed by atoms with E-state index in [0.29, 0.717) is 17.8 Å². The first-order chi connectivity index (χ1) is 10.3. The highest BCUT2D eigenvalue weighted by Gasteiger charge is 2.36. The molecule has 0 unspecified atom stereocenters. The Labute approximate surface area is 125 Å². The van der Waals surface area contributed by atoms with E-state index < -0.39 is 0 Å². The predicted octanol–water partition coefficient (Wildman–Crippen LogP) is 2.44. The van der Waals surface area contributed by atoms with Crippen LogP contribution < -0.4 is 15.4 Å². The second kappa shape index (κ2) is 6.35. The van der Waals surface area contributed by atoms with Crippen LogP contribution in [0.1, 0.15) is 25.7 Å². The van der Waals surface area contributed by atoms with Crippen molar-refractivity contribution in [3.05, 3.63) is 24.3 Å². The smallest absolute Gasteiger partial charge is 0.322 e. The Bertz CT molecular complexity index is 500. The number of carbonyl (C=O) groups excluding carboxylic acids is 1. The van der Waals surface area contributed by atoms with Gasteiger partial charge in [0.25, 0.3) is 0 Å². The average Bonchev–Trinajstić information content (AvgIpc) is 3.18. The third-order valence-corrected chi connectivity index (χ3v) is 4.47. The normalized spacial score (nSPS) is 25.1. The zero-order chi connectivity index (χ0) is 14.7. The summed E-state index contributed by atoms with van der Waals surface area (Å²) in [6.45, 7) is 1.91. The van der Waals surface area contributed by atoms with Gasteiger partial charge in [0, 0.05) is 18.6 Å². The molecule has 0 radical (unpaired) electrons. The molecule has 1 aromatic rings. The number of rotatable bonds is 3. The fourth-order valence-electron chi connectivity index (χ4n) is 3.44. The van der Waals surface area contributed by atoms with Gasteiger partial charge in [0.15, 0.2) is 0 Å². The van der Waals surface area contributed by atoms with E-state index in [-0.39, 0.29) is 6.03 Å². The van der Waals surface area contributed by atoms with Crippen molar-refractivity contribution in [2.75, 3.05) is 25.5 Å². The van der Waals surface area contributed by atoms with Crippen molar-refractivity contribution in [1.82, 2.24) is 10.2 Å². The Hall–Kier alpha value is -1.75. The number of nitrogens with zero attached hydrogens (tertiary/aromatic N) is 1. The molecule has 2 aliphatic heterocycles. The molecular formula is C16H23N3O2. The Morgan fingerprint density at radius 3 is 2.95 bits per heavy atom. The summed E-state index contributed by atoms with van der Waals surface area (Å²) in [7, 11) is 1.62. The first-order valence-corrected chi connectivity index (χ1v) is 7.73. The van der Waals surface area contributed by atoms with Gasteiger partial charge in [-0.05, 0) is 44.4 Å². The molecule has 1 aromatic carbocycles. The molecule has 2 aliphatic rings. The van der Waals surface area contributed by atoms with E-state index in [0.717, 1.165) is 31.6 Å². The van der Waals surface area contributed by atoms with Crippen LogP contribution in [0.3, 0.4) is 0 Å². The number of methoxy groups -OCH3 is 1. The van der Waals surface area contributed by atoms with E-state index in [4.69, 9.17) is 4.74 Å². The molecule has 5 nitrogen and oxygen atoms in total. The molecule has 5 heteroatoms. The summed E-state index contributed by atoms with van der Waals surface area (Å²) in [5, 5.41) is 6.51. The number of amides is 2. The fraction of sp³-hybridized carbons (Fsp3) is 0.562. The molecule has 2 fully saturated rings. The predicted molar refractivity (Wildman–Crippen MR) is 82.8 cm³/mol. The molecule has 0 aromatic heterocycles. The van der Waals surface area contributed by atoms with Crippen LogP contribution in [0.4, 0.5) is 10.5 Å². The first kappa shape index (κ1) is 14.2. The second-order valence-electron chi connectivity index (χ2n) is 5.74. The molecule has 21 heavy (non-hydrogen) atoms. The van der Waals surface area contributed by atoms with Crippen LogP contribution in [0, 0.1) is 0 Å². The zero-order valence-corrected chi connectivity index (χ0v) is 12.5. The van der Waals surface area contributed by atoms with Gasteiger partial charge in [0.1, 0.15) is 5.75 Å². The van der Waals surface area contributed by atoms with Crippen LogP contribution in [0.25, 0.3) is 0 Å². The Morgan fingerprint density at radius 1 is 1.33 bits per heavy atom. The van der Waals surface area contributed by atoms with Crippen molar-refractivity contribution in [1.29, 1.82) is 0 Å². The van der Waals surface area contributed by atoms with Crippen LogP contribution >= 0.6 is 0 Å².